The van der Waals surface area contributed by atoms with Crippen LogP contribution < -0.4 is 16.4 Å². The molecule has 1 aliphatic heterocycles. The number of carbonyl (C=O) groups excluding carboxylic acids is 2. The zero-order chi connectivity index (χ0) is 15.1. The summed E-state index contributed by atoms with van der Waals surface area (Å²) in [5.74, 6) is -1.09. The third-order valence-electron chi connectivity index (χ3n) is 3.72. The summed E-state index contributed by atoms with van der Waals surface area (Å²) < 4.78 is 5.53. The van der Waals surface area contributed by atoms with E-state index >= 15 is 0 Å². The summed E-state index contributed by atoms with van der Waals surface area (Å²) in [5.41, 5.74) is 11.8. The zero-order valence-corrected chi connectivity index (χ0v) is 13.6. The Morgan fingerprint density at radius 3 is 2.61 bits per heavy atom. The molecule has 3 rings (SSSR count). The van der Waals surface area contributed by atoms with Crippen LogP contribution in [0.25, 0.3) is 11.0 Å². The molecule has 0 aliphatic carbocycles. The molecule has 1 aromatic heterocycles. The number of carbonyl (C=O) groups is 2. The maximum absolute atomic E-state index is 11.7. The van der Waals surface area contributed by atoms with Crippen molar-refractivity contribution in [2.45, 2.75) is 18.9 Å². The number of nitrogens with zero attached hydrogens (tertiary/aromatic N) is 1. The van der Waals surface area contributed by atoms with Crippen molar-refractivity contribution in [3.8, 4) is 0 Å². The summed E-state index contributed by atoms with van der Waals surface area (Å²) in [5, 5.41) is 1.17. The van der Waals surface area contributed by atoms with E-state index in [1.165, 1.54) is 0 Å². The molecule has 0 spiro atoms. The van der Waals surface area contributed by atoms with Crippen LogP contribution in [-0.2, 0) is 4.79 Å². The summed E-state index contributed by atoms with van der Waals surface area (Å²) in [6.07, 6.45) is 1.44. The first kappa shape index (κ1) is 19.1. The first-order chi connectivity index (χ1) is 9.99. The fourth-order valence-corrected chi connectivity index (χ4v) is 3.01. The molecule has 7 nitrogen and oxygen atoms in total. The Hall–Kier alpha value is -1.96. The molecule has 6 N–H and O–H groups in total. The van der Waals surface area contributed by atoms with Crippen molar-refractivity contribution in [1.29, 1.82) is 0 Å². The topological polar surface area (TPSA) is 134 Å². The lowest BCUT2D eigenvalue weighted by atomic mass is 10.1. The Labute approximate surface area is 143 Å². The van der Waals surface area contributed by atoms with Gasteiger partial charge in [-0.05, 0) is 31.0 Å². The first-order valence-electron chi connectivity index (χ1n) is 6.57. The van der Waals surface area contributed by atoms with E-state index in [0.29, 0.717) is 34.6 Å². The highest BCUT2D eigenvalue weighted by Gasteiger charge is 2.34. The monoisotopic (exact) mass is 361 g/mol. The lowest BCUT2D eigenvalue weighted by Gasteiger charge is -2.23. The summed E-state index contributed by atoms with van der Waals surface area (Å²) in [6.45, 7) is 0.606. The molecule has 0 saturated carbocycles. The van der Waals surface area contributed by atoms with Gasteiger partial charge in [0.15, 0.2) is 0 Å². The summed E-state index contributed by atoms with van der Waals surface area (Å²) in [4.78, 5) is 25.0. The van der Waals surface area contributed by atoms with Crippen molar-refractivity contribution in [2.24, 2.45) is 11.5 Å². The molecule has 2 amide bonds. The molecule has 126 valence electrons. The molecular formula is C14H17Cl2N3O4. The lowest BCUT2D eigenvalue weighted by Crippen LogP contribution is -2.41. The lowest BCUT2D eigenvalue weighted by molar-refractivity contribution is -0.119. The molecule has 0 radical (unpaired) electrons. The highest BCUT2D eigenvalue weighted by atomic mass is 35.5. The average molecular weight is 362 g/mol. The van der Waals surface area contributed by atoms with Crippen LogP contribution in [0.4, 0.5) is 5.69 Å². The second-order valence-corrected chi connectivity index (χ2v) is 5.47. The molecule has 1 fully saturated rings. The van der Waals surface area contributed by atoms with Crippen molar-refractivity contribution < 1.29 is 19.5 Å². The summed E-state index contributed by atoms with van der Waals surface area (Å²) in [7, 11) is 0. The third kappa shape index (κ3) is 3.21. The quantitative estimate of drug-likeness (QED) is 0.849. The van der Waals surface area contributed by atoms with Gasteiger partial charge in [-0.25, -0.2) is 0 Å². The van der Waals surface area contributed by atoms with Crippen LogP contribution >= 0.6 is 24.0 Å². The molecule has 1 aromatic carbocycles. The maximum atomic E-state index is 11.7. The van der Waals surface area contributed by atoms with Crippen molar-refractivity contribution in [2.75, 3.05) is 11.4 Å². The van der Waals surface area contributed by atoms with E-state index in [4.69, 9.17) is 27.5 Å². The Bertz CT molecular complexity index is 747. The van der Waals surface area contributed by atoms with Gasteiger partial charge in [-0.2, -0.15) is 0 Å². The van der Waals surface area contributed by atoms with E-state index in [9.17, 15) is 9.59 Å². The number of anilines is 1. The second kappa shape index (κ2) is 7.08. The van der Waals surface area contributed by atoms with E-state index in [0.717, 1.165) is 6.42 Å². The third-order valence-corrected chi connectivity index (χ3v) is 3.95. The molecule has 9 heteroatoms. The van der Waals surface area contributed by atoms with E-state index in [2.05, 4.69) is 0 Å². The number of rotatable bonds is 3. The van der Waals surface area contributed by atoms with E-state index in [1.807, 2.05) is 0 Å². The largest absolute Gasteiger partial charge is 0.449 e. The predicted octanol–water partition coefficient (Wildman–Crippen LogP) is 1.24. The fourth-order valence-electron chi connectivity index (χ4n) is 2.84. The highest BCUT2D eigenvalue weighted by molar-refractivity contribution is 6.31. The van der Waals surface area contributed by atoms with Crippen LogP contribution in [-0.4, -0.2) is 29.9 Å². The van der Waals surface area contributed by atoms with E-state index in [-0.39, 0.29) is 23.6 Å². The molecule has 1 aliphatic rings. The first-order valence-corrected chi connectivity index (χ1v) is 6.94. The van der Waals surface area contributed by atoms with Gasteiger partial charge in [-0.1, -0.05) is 11.6 Å². The SMILES string of the molecule is Cl.NC(=O)c1oc2ccc(Cl)cc2c1N1CCC[C@H]1C(N)=O.O. The van der Waals surface area contributed by atoms with Crippen LogP contribution in [0.1, 0.15) is 23.4 Å². The van der Waals surface area contributed by atoms with Crippen molar-refractivity contribution in [1.82, 2.24) is 0 Å². The number of benzene rings is 1. The number of amides is 2. The molecule has 0 bridgehead atoms. The Morgan fingerprint density at radius 1 is 1.30 bits per heavy atom. The number of nitrogens with two attached hydrogens (primary N) is 2. The van der Waals surface area contributed by atoms with Crippen molar-refractivity contribution in [3.05, 3.63) is 29.0 Å². The van der Waals surface area contributed by atoms with Crippen molar-refractivity contribution >= 4 is 52.5 Å². The van der Waals surface area contributed by atoms with Gasteiger partial charge in [0.05, 0.1) is 5.69 Å². The fraction of sp³-hybridized carbons (Fsp3) is 0.286. The Kier molecular flexibility index (Phi) is 5.87. The number of primary amides is 2. The predicted molar refractivity (Wildman–Crippen MR) is 90.2 cm³/mol. The smallest absolute Gasteiger partial charge is 0.286 e. The second-order valence-electron chi connectivity index (χ2n) is 5.04. The normalized spacial score (nSPS) is 16.7. The van der Waals surface area contributed by atoms with Crippen LogP contribution in [0.15, 0.2) is 22.6 Å². The van der Waals surface area contributed by atoms with E-state index in [1.54, 1.807) is 23.1 Å². The average Bonchev–Trinajstić information content (AvgIpc) is 3.00. The zero-order valence-electron chi connectivity index (χ0n) is 12.0. The molecule has 1 atom stereocenters. The van der Waals surface area contributed by atoms with Gasteiger partial charge in [0.2, 0.25) is 11.7 Å². The number of hydrogen-bond acceptors (Lipinski definition) is 4. The van der Waals surface area contributed by atoms with Crippen molar-refractivity contribution in [3.63, 3.8) is 0 Å². The van der Waals surface area contributed by atoms with Crippen LogP contribution in [0.2, 0.25) is 5.02 Å². The minimum Gasteiger partial charge on any atom is -0.449 e. The minimum atomic E-state index is -0.688. The summed E-state index contributed by atoms with van der Waals surface area (Å²) in [6, 6.07) is 4.56. The van der Waals surface area contributed by atoms with Gasteiger partial charge in [0.25, 0.3) is 5.91 Å². The molecule has 2 aromatic rings. The highest BCUT2D eigenvalue weighted by Crippen LogP contribution is 2.38. The van der Waals surface area contributed by atoms with Crippen LogP contribution in [0, 0.1) is 0 Å². The van der Waals surface area contributed by atoms with Gasteiger partial charge in [-0.3, -0.25) is 9.59 Å². The number of hydrogen-bond donors (Lipinski definition) is 2. The molecular weight excluding hydrogens is 345 g/mol. The van der Waals surface area contributed by atoms with Crippen LogP contribution in [0.3, 0.4) is 0 Å². The van der Waals surface area contributed by atoms with Crippen LogP contribution in [0.5, 0.6) is 0 Å². The van der Waals surface area contributed by atoms with Gasteiger partial charge in [0.1, 0.15) is 11.6 Å². The summed E-state index contributed by atoms with van der Waals surface area (Å²) >= 11 is 6.02. The number of fused-ring (bicyclic) bond motifs is 1. The van der Waals surface area contributed by atoms with E-state index < -0.39 is 17.9 Å². The standard InChI is InChI=1S/C14H14ClN3O3.ClH.H2O/c15-7-3-4-10-8(6-7)11(12(21-10)14(17)20)18-5-1-2-9(18)13(16)19;;/h3-4,6,9H,1-2,5H2,(H2,16,19)(H2,17,20);1H;1H2/t9-;;/m0../s1. The van der Waals surface area contributed by atoms with Gasteiger partial charge < -0.3 is 26.3 Å². The molecule has 2 heterocycles. The maximum Gasteiger partial charge on any atom is 0.286 e. The Morgan fingerprint density at radius 2 is 2.00 bits per heavy atom. The number of furan rings is 1. The minimum absolute atomic E-state index is 0. The van der Waals surface area contributed by atoms with Gasteiger partial charge in [-0.15, -0.1) is 12.4 Å². The van der Waals surface area contributed by atoms with Gasteiger partial charge >= 0.3 is 0 Å². The molecule has 23 heavy (non-hydrogen) atoms. The molecule has 1 saturated heterocycles. The Balaban J connectivity index is 0.00000132. The van der Waals surface area contributed by atoms with Gasteiger partial charge in [0, 0.05) is 17.0 Å². The molecule has 0 unspecified atom stereocenters. The number of halogens is 2.